The van der Waals surface area contributed by atoms with Crippen molar-refractivity contribution in [2.45, 2.75) is 51.1 Å². The monoisotopic (exact) mass is 510 g/mol. The summed E-state index contributed by atoms with van der Waals surface area (Å²) in [5.41, 5.74) is -0.809. The van der Waals surface area contributed by atoms with E-state index in [2.05, 4.69) is 11.0 Å². The first-order valence-corrected chi connectivity index (χ1v) is 11.7. The number of benzene rings is 2. The van der Waals surface area contributed by atoms with Gasteiger partial charge in [-0.05, 0) is 87.1 Å². The highest BCUT2D eigenvalue weighted by Crippen LogP contribution is 2.39. The Kier molecular flexibility index (Phi) is 9.88. The van der Waals surface area contributed by atoms with E-state index in [0.717, 1.165) is 25.2 Å². The summed E-state index contributed by atoms with van der Waals surface area (Å²) in [7, 11) is 0. The zero-order valence-electron chi connectivity index (χ0n) is 19.9. The number of alkyl halides is 3. The lowest BCUT2D eigenvalue weighted by Gasteiger charge is -2.34. The van der Waals surface area contributed by atoms with E-state index in [9.17, 15) is 27.6 Å². The number of likely N-dealkylation sites (tertiary alicyclic amines) is 1. The zero-order valence-corrected chi connectivity index (χ0v) is 20.8. The van der Waals surface area contributed by atoms with Crippen LogP contribution >= 0.6 is 12.4 Å². The summed E-state index contributed by atoms with van der Waals surface area (Å²) >= 11 is 0. The molecule has 1 fully saturated rings. The van der Waals surface area contributed by atoms with Crippen LogP contribution in [-0.4, -0.2) is 30.3 Å². The third-order valence-corrected chi connectivity index (χ3v) is 7.02. The first kappa shape index (κ1) is 28.8. The van der Waals surface area contributed by atoms with Gasteiger partial charge >= 0.3 is 6.18 Å². The number of carbonyl (C=O) groups is 1. The van der Waals surface area contributed by atoms with Gasteiger partial charge in [0, 0.05) is 11.5 Å². The van der Waals surface area contributed by atoms with Crippen LogP contribution in [-0.2, 0) is 11.6 Å². The molecule has 1 atom stereocenters. The van der Waals surface area contributed by atoms with Crippen LogP contribution in [0.5, 0.6) is 0 Å². The number of piperidine rings is 1. The highest BCUT2D eigenvalue weighted by molar-refractivity contribution is 5.97. The van der Waals surface area contributed by atoms with Crippen molar-refractivity contribution < 1.29 is 22.4 Å². The van der Waals surface area contributed by atoms with E-state index in [1.165, 1.54) is 30.3 Å². The molecule has 0 N–H and O–H groups in total. The van der Waals surface area contributed by atoms with Crippen molar-refractivity contribution in [1.29, 1.82) is 5.26 Å². The second-order valence-electron chi connectivity index (χ2n) is 9.41. The van der Waals surface area contributed by atoms with Crippen molar-refractivity contribution in [3.8, 4) is 6.07 Å². The minimum atomic E-state index is -4.45. The second kappa shape index (κ2) is 12.0. The van der Waals surface area contributed by atoms with Crippen LogP contribution in [0.3, 0.4) is 0 Å². The Morgan fingerprint density at radius 1 is 1.09 bits per heavy atom. The summed E-state index contributed by atoms with van der Waals surface area (Å²) in [6.07, 6.45) is -1.92. The summed E-state index contributed by atoms with van der Waals surface area (Å²) in [6.45, 7) is 5.93. The molecule has 190 valence electrons. The van der Waals surface area contributed by atoms with Gasteiger partial charge in [-0.3, -0.25) is 4.79 Å². The van der Waals surface area contributed by atoms with Crippen LogP contribution in [0.2, 0.25) is 0 Å². The van der Waals surface area contributed by atoms with Crippen molar-refractivity contribution >= 4 is 18.2 Å². The molecule has 1 unspecified atom stereocenters. The number of Topliss-reactive ketones (excluding diaryl/α,β-unsaturated/α-hetero) is 1. The molecule has 0 bridgehead atoms. The Morgan fingerprint density at radius 2 is 1.69 bits per heavy atom. The molecule has 3 nitrogen and oxygen atoms in total. The molecule has 1 heterocycles. The molecule has 1 aliphatic heterocycles. The van der Waals surface area contributed by atoms with Crippen LogP contribution in [0.1, 0.15) is 61.0 Å². The fourth-order valence-corrected chi connectivity index (χ4v) is 4.84. The standard InChI is InChI=1S/C27H30F4N2O.ClH/c1-19(2)26(18-32,22-5-3-6-23(17-22)27(29,30)31)13-4-14-33-15-11-21(12-16-33)25(34)20-7-9-24(28)10-8-20;/h3,5-10,17,19,21H,4,11-16H2,1-2H3;1H. The molecule has 3 rings (SSSR count). The quantitative estimate of drug-likeness (QED) is 0.282. The molecular weight excluding hydrogens is 480 g/mol. The lowest BCUT2D eigenvalue weighted by Crippen LogP contribution is -2.38. The van der Waals surface area contributed by atoms with Crippen molar-refractivity contribution in [3.63, 3.8) is 0 Å². The smallest absolute Gasteiger partial charge is 0.303 e. The number of halogens is 5. The van der Waals surface area contributed by atoms with Gasteiger partial charge in [-0.25, -0.2) is 4.39 Å². The van der Waals surface area contributed by atoms with E-state index in [-0.39, 0.29) is 35.8 Å². The predicted molar refractivity (Wildman–Crippen MR) is 130 cm³/mol. The first-order chi connectivity index (χ1) is 16.1. The van der Waals surface area contributed by atoms with Crippen LogP contribution < -0.4 is 0 Å². The average molecular weight is 511 g/mol. The largest absolute Gasteiger partial charge is 0.416 e. The van der Waals surface area contributed by atoms with Gasteiger partial charge in [0.05, 0.1) is 17.0 Å². The van der Waals surface area contributed by atoms with Gasteiger partial charge in [0.2, 0.25) is 0 Å². The van der Waals surface area contributed by atoms with E-state index in [0.29, 0.717) is 43.4 Å². The number of ketones is 1. The Morgan fingerprint density at radius 3 is 2.23 bits per heavy atom. The summed E-state index contributed by atoms with van der Waals surface area (Å²) < 4.78 is 52.8. The van der Waals surface area contributed by atoms with Gasteiger partial charge in [0.25, 0.3) is 0 Å². The zero-order chi connectivity index (χ0) is 24.9. The van der Waals surface area contributed by atoms with Crippen molar-refractivity contribution in [3.05, 3.63) is 71.0 Å². The molecule has 1 aliphatic rings. The van der Waals surface area contributed by atoms with E-state index < -0.39 is 17.2 Å². The molecule has 0 spiro atoms. The van der Waals surface area contributed by atoms with Gasteiger partial charge in [-0.1, -0.05) is 32.0 Å². The number of hydrogen-bond donors (Lipinski definition) is 0. The van der Waals surface area contributed by atoms with Crippen LogP contribution in [0, 0.1) is 29.0 Å². The van der Waals surface area contributed by atoms with Gasteiger partial charge < -0.3 is 4.90 Å². The maximum Gasteiger partial charge on any atom is 0.416 e. The Hall–Kier alpha value is -2.43. The molecule has 0 aromatic heterocycles. The SMILES string of the molecule is CC(C)C(C#N)(CCCN1CCC(C(=O)c2ccc(F)cc2)CC1)c1cccc(C(F)(F)F)c1.Cl. The molecule has 35 heavy (non-hydrogen) atoms. The fourth-order valence-electron chi connectivity index (χ4n) is 4.84. The van der Waals surface area contributed by atoms with E-state index in [4.69, 9.17) is 0 Å². The summed E-state index contributed by atoms with van der Waals surface area (Å²) in [5, 5.41) is 10.0. The molecular formula is C27H31ClF4N2O. The lowest BCUT2D eigenvalue weighted by molar-refractivity contribution is -0.137. The molecule has 2 aromatic carbocycles. The minimum Gasteiger partial charge on any atom is -0.303 e. The summed E-state index contributed by atoms with van der Waals surface area (Å²) in [4.78, 5) is 14.9. The number of nitriles is 1. The third kappa shape index (κ3) is 6.83. The van der Waals surface area contributed by atoms with Gasteiger partial charge in [-0.2, -0.15) is 18.4 Å². The number of rotatable bonds is 8. The van der Waals surface area contributed by atoms with Gasteiger partial charge in [0.1, 0.15) is 5.82 Å². The van der Waals surface area contributed by atoms with Gasteiger partial charge in [0.15, 0.2) is 5.78 Å². The third-order valence-electron chi connectivity index (χ3n) is 7.02. The maximum atomic E-state index is 13.2. The normalized spacial score (nSPS) is 16.9. The average Bonchev–Trinajstić information content (AvgIpc) is 2.82. The molecule has 1 saturated heterocycles. The molecule has 0 saturated carbocycles. The highest BCUT2D eigenvalue weighted by Gasteiger charge is 2.38. The Bertz CT molecular complexity index is 1020. The lowest BCUT2D eigenvalue weighted by atomic mass is 9.69. The van der Waals surface area contributed by atoms with Crippen molar-refractivity contribution in [2.75, 3.05) is 19.6 Å². The molecule has 2 aromatic rings. The maximum absolute atomic E-state index is 13.2. The Balaban J connectivity index is 0.00000432. The van der Waals surface area contributed by atoms with Crippen LogP contribution in [0.25, 0.3) is 0 Å². The number of nitrogens with zero attached hydrogens (tertiary/aromatic N) is 2. The highest BCUT2D eigenvalue weighted by atomic mass is 35.5. The molecule has 0 aliphatic carbocycles. The minimum absolute atomic E-state index is 0. The molecule has 0 amide bonds. The van der Waals surface area contributed by atoms with Crippen molar-refractivity contribution in [1.82, 2.24) is 4.90 Å². The fraction of sp³-hybridized carbons (Fsp3) is 0.481. The van der Waals surface area contributed by atoms with Crippen LogP contribution in [0.15, 0.2) is 48.5 Å². The summed E-state index contributed by atoms with van der Waals surface area (Å²) in [5.74, 6) is -0.584. The molecule has 8 heteroatoms. The molecule has 0 radical (unpaired) electrons. The first-order valence-electron chi connectivity index (χ1n) is 11.7. The van der Waals surface area contributed by atoms with E-state index in [1.54, 1.807) is 6.07 Å². The van der Waals surface area contributed by atoms with Crippen molar-refractivity contribution in [2.24, 2.45) is 11.8 Å². The Labute approximate surface area is 210 Å². The van der Waals surface area contributed by atoms with Gasteiger partial charge in [-0.15, -0.1) is 12.4 Å². The second-order valence-corrected chi connectivity index (χ2v) is 9.41. The van der Waals surface area contributed by atoms with Crippen LogP contribution in [0.4, 0.5) is 17.6 Å². The number of hydrogen-bond acceptors (Lipinski definition) is 3. The van der Waals surface area contributed by atoms with E-state index in [1.807, 2.05) is 13.8 Å². The van der Waals surface area contributed by atoms with E-state index >= 15 is 0 Å². The number of carbonyl (C=O) groups excluding carboxylic acids is 1. The topological polar surface area (TPSA) is 44.1 Å². The summed E-state index contributed by atoms with van der Waals surface area (Å²) in [6, 6.07) is 13.1. The predicted octanol–water partition coefficient (Wildman–Crippen LogP) is 7.06.